The van der Waals surface area contributed by atoms with Gasteiger partial charge in [0.15, 0.2) is 0 Å². The van der Waals surface area contributed by atoms with Gasteiger partial charge < -0.3 is 5.32 Å². The highest BCUT2D eigenvalue weighted by Gasteiger charge is 2.36. The molecule has 148 valence electrons. The SMILES string of the molecule is N#Cc1c(C(F)(F)F)cc(-c2cccs2)nc1SCC(=O)NC1CCCCC1. The van der Waals surface area contributed by atoms with Gasteiger partial charge in [0.2, 0.25) is 5.91 Å². The molecule has 1 N–H and O–H groups in total. The molecule has 0 saturated heterocycles. The van der Waals surface area contributed by atoms with Gasteiger partial charge in [-0.05, 0) is 30.4 Å². The Bertz CT molecular complexity index is 870. The number of amides is 1. The van der Waals surface area contributed by atoms with Gasteiger partial charge >= 0.3 is 6.18 Å². The van der Waals surface area contributed by atoms with E-state index >= 15 is 0 Å². The van der Waals surface area contributed by atoms with Crippen LogP contribution in [0.1, 0.15) is 43.2 Å². The summed E-state index contributed by atoms with van der Waals surface area (Å²) in [4.78, 5) is 17.0. The maximum absolute atomic E-state index is 13.5. The number of nitrogens with zero attached hydrogens (tertiary/aromatic N) is 2. The van der Waals surface area contributed by atoms with Crippen LogP contribution in [0.5, 0.6) is 0 Å². The van der Waals surface area contributed by atoms with Gasteiger partial charge in [-0.15, -0.1) is 11.3 Å². The van der Waals surface area contributed by atoms with Gasteiger partial charge in [-0.25, -0.2) is 4.98 Å². The average molecular weight is 426 g/mol. The molecule has 3 rings (SSSR count). The second-order valence-corrected chi connectivity index (χ2v) is 8.42. The summed E-state index contributed by atoms with van der Waals surface area (Å²) < 4.78 is 40.4. The number of carbonyl (C=O) groups excluding carboxylic acids is 1. The van der Waals surface area contributed by atoms with Gasteiger partial charge in [-0.1, -0.05) is 37.1 Å². The number of carbonyl (C=O) groups is 1. The molecule has 0 bridgehead atoms. The maximum Gasteiger partial charge on any atom is 0.417 e. The Morgan fingerprint density at radius 3 is 2.71 bits per heavy atom. The van der Waals surface area contributed by atoms with Gasteiger partial charge in [0, 0.05) is 6.04 Å². The number of aromatic nitrogens is 1. The number of rotatable bonds is 5. The van der Waals surface area contributed by atoms with E-state index in [1.54, 1.807) is 23.6 Å². The van der Waals surface area contributed by atoms with Crippen LogP contribution in [0.15, 0.2) is 28.6 Å². The van der Waals surface area contributed by atoms with Crippen LogP contribution in [-0.2, 0) is 11.0 Å². The number of thiophene rings is 1. The van der Waals surface area contributed by atoms with Gasteiger partial charge in [-0.2, -0.15) is 18.4 Å². The van der Waals surface area contributed by atoms with Crippen LogP contribution in [0.2, 0.25) is 0 Å². The van der Waals surface area contributed by atoms with Crippen LogP contribution in [0.4, 0.5) is 13.2 Å². The second-order valence-electron chi connectivity index (χ2n) is 6.51. The van der Waals surface area contributed by atoms with E-state index in [-0.39, 0.29) is 28.4 Å². The minimum absolute atomic E-state index is 0.0699. The lowest BCUT2D eigenvalue weighted by atomic mass is 9.95. The highest BCUT2D eigenvalue weighted by atomic mass is 32.2. The number of pyridine rings is 1. The van der Waals surface area contributed by atoms with Crippen molar-refractivity contribution in [3.05, 3.63) is 34.7 Å². The predicted molar refractivity (Wildman–Crippen MR) is 103 cm³/mol. The maximum atomic E-state index is 13.5. The molecule has 1 aliphatic carbocycles. The third-order valence-electron chi connectivity index (χ3n) is 4.49. The lowest BCUT2D eigenvalue weighted by Gasteiger charge is -2.22. The van der Waals surface area contributed by atoms with Gasteiger partial charge in [0.05, 0.1) is 27.5 Å². The van der Waals surface area contributed by atoms with Crippen molar-refractivity contribution in [2.45, 2.75) is 49.3 Å². The summed E-state index contributed by atoms with van der Waals surface area (Å²) >= 11 is 2.13. The van der Waals surface area contributed by atoms with Crippen LogP contribution in [0.3, 0.4) is 0 Å². The van der Waals surface area contributed by atoms with Gasteiger partial charge in [-0.3, -0.25) is 4.79 Å². The third-order valence-corrected chi connectivity index (χ3v) is 6.36. The molecule has 1 saturated carbocycles. The first-order valence-electron chi connectivity index (χ1n) is 8.87. The number of halogens is 3. The van der Waals surface area contributed by atoms with E-state index in [0.29, 0.717) is 4.88 Å². The minimum Gasteiger partial charge on any atom is -0.353 e. The molecule has 28 heavy (non-hydrogen) atoms. The van der Waals surface area contributed by atoms with Crippen LogP contribution in [-0.4, -0.2) is 22.7 Å². The van der Waals surface area contributed by atoms with E-state index in [9.17, 15) is 23.2 Å². The molecule has 0 spiro atoms. The average Bonchev–Trinajstić information content (AvgIpc) is 3.20. The van der Waals surface area contributed by atoms with Crippen molar-refractivity contribution in [2.75, 3.05) is 5.75 Å². The highest BCUT2D eigenvalue weighted by Crippen LogP contribution is 2.38. The smallest absolute Gasteiger partial charge is 0.353 e. The Morgan fingerprint density at radius 2 is 2.11 bits per heavy atom. The fourth-order valence-corrected chi connectivity index (χ4v) is 4.66. The Balaban J connectivity index is 1.83. The first kappa shape index (κ1) is 20.7. The molecular formula is C19H18F3N3OS2. The predicted octanol–water partition coefficient (Wildman–Crippen LogP) is 5.24. The summed E-state index contributed by atoms with van der Waals surface area (Å²) in [6.45, 7) is 0. The third kappa shape index (κ3) is 5.06. The van der Waals surface area contributed by atoms with Gasteiger partial charge in [0.1, 0.15) is 11.1 Å². The summed E-state index contributed by atoms with van der Waals surface area (Å²) in [6.07, 6.45) is 0.451. The number of hydrogen-bond acceptors (Lipinski definition) is 5. The van der Waals surface area contributed by atoms with Crippen LogP contribution < -0.4 is 5.32 Å². The molecule has 2 heterocycles. The number of nitrogens with one attached hydrogen (secondary N) is 1. The Hall–Kier alpha value is -2.05. The minimum atomic E-state index is -4.68. The molecule has 0 atom stereocenters. The number of thioether (sulfide) groups is 1. The molecule has 1 fully saturated rings. The molecule has 2 aromatic rings. The van der Waals surface area contributed by atoms with Crippen molar-refractivity contribution in [3.63, 3.8) is 0 Å². The Labute approximate surface area is 169 Å². The summed E-state index contributed by atoms with van der Waals surface area (Å²) in [5, 5.41) is 13.9. The highest BCUT2D eigenvalue weighted by molar-refractivity contribution is 8.00. The van der Waals surface area contributed by atoms with Crippen molar-refractivity contribution >= 4 is 29.0 Å². The zero-order valence-electron chi connectivity index (χ0n) is 14.9. The topological polar surface area (TPSA) is 65.8 Å². The molecule has 1 amide bonds. The van der Waals surface area contributed by atoms with E-state index in [2.05, 4.69) is 10.3 Å². The quantitative estimate of drug-likeness (QED) is 0.665. The first-order valence-corrected chi connectivity index (χ1v) is 10.7. The van der Waals surface area contributed by atoms with Crippen LogP contribution in [0.25, 0.3) is 10.6 Å². The monoisotopic (exact) mass is 425 g/mol. The fraction of sp³-hybridized carbons (Fsp3) is 0.421. The van der Waals surface area contributed by atoms with E-state index in [0.717, 1.165) is 49.9 Å². The molecule has 0 unspecified atom stereocenters. The summed E-state index contributed by atoms with van der Waals surface area (Å²) in [6, 6.07) is 6.02. The molecule has 4 nitrogen and oxygen atoms in total. The van der Waals surface area contributed by atoms with Crippen molar-refractivity contribution in [1.82, 2.24) is 10.3 Å². The summed E-state index contributed by atoms with van der Waals surface area (Å²) in [5.41, 5.74) is -1.41. The summed E-state index contributed by atoms with van der Waals surface area (Å²) in [7, 11) is 0. The molecular weight excluding hydrogens is 407 g/mol. The fourth-order valence-electron chi connectivity index (χ4n) is 3.16. The van der Waals surface area contributed by atoms with Crippen LogP contribution in [0, 0.1) is 11.3 Å². The lowest BCUT2D eigenvalue weighted by molar-refractivity contribution is -0.138. The Kier molecular flexibility index (Phi) is 6.62. The molecule has 0 radical (unpaired) electrons. The second kappa shape index (κ2) is 8.97. The lowest BCUT2D eigenvalue weighted by Crippen LogP contribution is -2.37. The summed E-state index contributed by atoms with van der Waals surface area (Å²) in [5.74, 6) is -0.332. The van der Waals surface area contributed by atoms with E-state index in [4.69, 9.17) is 0 Å². The number of nitriles is 1. The van der Waals surface area contributed by atoms with Crippen molar-refractivity contribution in [3.8, 4) is 16.6 Å². The molecule has 0 aliphatic heterocycles. The number of hydrogen-bond donors (Lipinski definition) is 1. The molecule has 2 aromatic heterocycles. The van der Waals surface area contributed by atoms with Crippen molar-refractivity contribution in [2.24, 2.45) is 0 Å². The molecule has 0 aromatic carbocycles. The van der Waals surface area contributed by atoms with Gasteiger partial charge in [0.25, 0.3) is 0 Å². The first-order chi connectivity index (χ1) is 13.4. The van der Waals surface area contributed by atoms with Crippen molar-refractivity contribution in [1.29, 1.82) is 5.26 Å². The van der Waals surface area contributed by atoms with E-state index < -0.39 is 17.3 Å². The normalized spacial score (nSPS) is 15.2. The zero-order chi connectivity index (χ0) is 20.1. The molecule has 9 heteroatoms. The largest absolute Gasteiger partial charge is 0.417 e. The standard InChI is InChI=1S/C19H18F3N3OS2/c20-19(21,22)14-9-15(16-7-4-8-27-16)25-18(13(14)10-23)28-11-17(26)24-12-5-2-1-3-6-12/h4,7-9,12H,1-3,5-6,11H2,(H,24,26). The Morgan fingerprint density at radius 1 is 1.36 bits per heavy atom. The number of alkyl halides is 3. The zero-order valence-corrected chi connectivity index (χ0v) is 16.5. The molecule has 1 aliphatic rings. The van der Waals surface area contributed by atoms with Crippen molar-refractivity contribution < 1.29 is 18.0 Å². The van der Waals surface area contributed by atoms with Crippen LogP contribution >= 0.6 is 23.1 Å². The van der Waals surface area contributed by atoms with E-state index in [1.165, 1.54) is 11.3 Å². The van der Waals surface area contributed by atoms with E-state index in [1.807, 2.05) is 0 Å².